The smallest absolute Gasteiger partial charge is 0.271 e. The highest BCUT2D eigenvalue weighted by Gasteiger charge is 2.34. The number of thiophene rings is 1. The quantitative estimate of drug-likeness (QED) is 0.460. The van der Waals surface area contributed by atoms with E-state index in [1.54, 1.807) is 32.1 Å². The first-order chi connectivity index (χ1) is 14.5. The number of fused-ring (bicyclic) bond motifs is 1. The Morgan fingerprint density at radius 2 is 1.83 bits per heavy atom. The van der Waals surface area contributed by atoms with Gasteiger partial charge in [0.05, 0.1) is 16.3 Å². The third-order valence-electron chi connectivity index (χ3n) is 4.95. The molecule has 1 aromatic carbocycles. The number of hydrogen-bond donors (Lipinski definition) is 0. The Labute approximate surface area is 176 Å². The lowest BCUT2D eigenvalue weighted by Gasteiger charge is -2.26. The van der Waals surface area contributed by atoms with E-state index in [0.29, 0.717) is 28.1 Å². The van der Waals surface area contributed by atoms with Crippen LogP contribution in [0.15, 0.2) is 57.5 Å². The van der Waals surface area contributed by atoms with E-state index >= 15 is 0 Å². The molecule has 0 unspecified atom stereocenters. The summed E-state index contributed by atoms with van der Waals surface area (Å²) in [7, 11) is 0. The van der Waals surface area contributed by atoms with E-state index in [4.69, 9.17) is 9.68 Å². The summed E-state index contributed by atoms with van der Waals surface area (Å²) in [6.07, 6.45) is 1.70. The summed E-state index contributed by atoms with van der Waals surface area (Å²) in [5.74, 6) is -0.256. The zero-order valence-electron chi connectivity index (χ0n) is 16.2. The lowest BCUT2D eigenvalue weighted by Crippen LogP contribution is -2.42. The molecule has 1 aliphatic heterocycles. The van der Waals surface area contributed by atoms with Gasteiger partial charge in [-0.3, -0.25) is 14.5 Å². The minimum Gasteiger partial charge on any atom is -0.455 e. The van der Waals surface area contributed by atoms with Crippen LogP contribution in [0.3, 0.4) is 0 Å². The van der Waals surface area contributed by atoms with Crippen LogP contribution in [-0.4, -0.2) is 23.3 Å². The SMILES string of the molecule is CCN1C(=O)C(C#N)=C(C)/C(=C/c2cc3oc(-c4ccc(C#N)cc4)cc3s2)C1=O. The molecule has 2 amide bonds. The van der Waals surface area contributed by atoms with Gasteiger partial charge in [-0.15, -0.1) is 11.3 Å². The Kier molecular flexibility index (Phi) is 4.83. The summed E-state index contributed by atoms with van der Waals surface area (Å²) >= 11 is 1.45. The van der Waals surface area contributed by atoms with Crippen molar-refractivity contribution in [2.24, 2.45) is 0 Å². The fourth-order valence-corrected chi connectivity index (χ4v) is 4.30. The van der Waals surface area contributed by atoms with Crippen LogP contribution < -0.4 is 0 Å². The summed E-state index contributed by atoms with van der Waals surface area (Å²) in [5, 5.41) is 18.3. The molecule has 0 radical (unpaired) electrons. The molecule has 0 atom stereocenters. The van der Waals surface area contributed by atoms with Crippen molar-refractivity contribution in [3.8, 4) is 23.5 Å². The molecule has 4 rings (SSSR count). The van der Waals surface area contributed by atoms with Gasteiger partial charge in [0.2, 0.25) is 0 Å². The van der Waals surface area contributed by atoms with Crippen LogP contribution in [-0.2, 0) is 9.59 Å². The highest BCUT2D eigenvalue weighted by atomic mass is 32.1. The summed E-state index contributed by atoms with van der Waals surface area (Å²) in [6.45, 7) is 3.52. The maximum Gasteiger partial charge on any atom is 0.271 e. The number of nitrogens with zero attached hydrogens (tertiary/aromatic N) is 3. The predicted molar refractivity (Wildman–Crippen MR) is 113 cm³/mol. The monoisotopic (exact) mass is 413 g/mol. The molecule has 0 aliphatic carbocycles. The van der Waals surface area contributed by atoms with Crippen LogP contribution in [0.2, 0.25) is 0 Å². The van der Waals surface area contributed by atoms with Crippen molar-refractivity contribution in [3.05, 3.63) is 63.6 Å². The minimum absolute atomic E-state index is 0.00829. The number of hydrogen-bond acceptors (Lipinski definition) is 6. The summed E-state index contributed by atoms with van der Waals surface area (Å²) in [4.78, 5) is 26.9. The molecule has 0 bridgehead atoms. The number of furan rings is 1. The number of carbonyl (C=O) groups is 2. The van der Waals surface area contributed by atoms with Crippen molar-refractivity contribution < 1.29 is 14.0 Å². The Hall–Kier alpha value is -3.94. The van der Waals surface area contributed by atoms with Gasteiger partial charge in [-0.05, 0) is 55.8 Å². The van der Waals surface area contributed by atoms with Gasteiger partial charge in [-0.1, -0.05) is 0 Å². The maximum absolute atomic E-state index is 12.7. The normalized spacial score (nSPS) is 15.7. The van der Waals surface area contributed by atoms with E-state index in [2.05, 4.69) is 6.07 Å². The standard InChI is InChI=1S/C23H15N3O3S/c1-3-26-22(27)17(13(2)18(12-25)23(26)28)8-16-9-20-21(30-16)10-19(29-20)15-6-4-14(11-24)5-7-15/h4-10H,3H2,1-2H3/b17-8-. The van der Waals surface area contributed by atoms with E-state index in [-0.39, 0.29) is 12.1 Å². The largest absolute Gasteiger partial charge is 0.455 e. The first-order valence-electron chi connectivity index (χ1n) is 9.20. The molecule has 2 aromatic heterocycles. The summed E-state index contributed by atoms with van der Waals surface area (Å²) in [6, 6.07) is 14.9. The van der Waals surface area contributed by atoms with Crippen LogP contribution in [0.1, 0.15) is 24.3 Å². The van der Waals surface area contributed by atoms with Gasteiger partial charge < -0.3 is 4.42 Å². The molecule has 1 aliphatic rings. The molecule has 6 nitrogen and oxygen atoms in total. The van der Waals surface area contributed by atoms with E-state index in [9.17, 15) is 14.9 Å². The topological polar surface area (TPSA) is 98.1 Å². The second-order valence-corrected chi connectivity index (χ2v) is 7.82. The lowest BCUT2D eigenvalue weighted by atomic mass is 9.95. The number of likely N-dealkylation sites (N-methyl/N-ethyl adjacent to an activating group) is 1. The van der Waals surface area contributed by atoms with Crippen LogP contribution in [0.5, 0.6) is 0 Å². The zero-order chi connectivity index (χ0) is 21.4. The highest BCUT2D eigenvalue weighted by molar-refractivity contribution is 7.19. The van der Waals surface area contributed by atoms with Crippen molar-refractivity contribution in [3.63, 3.8) is 0 Å². The fourth-order valence-electron chi connectivity index (χ4n) is 3.34. The molecule has 3 heterocycles. The van der Waals surface area contributed by atoms with E-state index in [0.717, 1.165) is 20.0 Å². The molecule has 30 heavy (non-hydrogen) atoms. The van der Waals surface area contributed by atoms with Gasteiger partial charge >= 0.3 is 0 Å². The van der Waals surface area contributed by atoms with Gasteiger partial charge in [0.25, 0.3) is 11.8 Å². The molecule has 0 N–H and O–H groups in total. The lowest BCUT2D eigenvalue weighted by molar-refractivity contribution is -0.140. The van der Waals surface area contributed by atoms with Gasteiger partial charge in [0.15, 0.2) is 0 Å². The predicted octanol–water partition coefficient (Wildman–Crippen LogP) is 4.65. The van der Waals surface area contributed by atoms with Crippen molar-refractivity contribution in [1.82, 2.24) is 4.90 Å². The molecule has 7 heteroatoms. The number of rotatable bonds is 3. The number of amides is 2. The number of benzene rings is 1. The maximum atomic E-state index is 12.7. The highest BCUT2D eigenvalue weighted by Crippen LogP contribution is 2.36. The average Bonchev–Trinajstić information content (AvgIpc) is 3.31. The molecule has 3 aromatic rings. The third kappa shape index (κ3) is 3.12. The summed E-state index contributed by atoms with van der Waals surface area (Å²) in [5.41, 5.74) is 2.85. The molecule has 146 valence electrons. The minimum atomic E-state index is -0.549. The van der Waals surface area contributed by atoms with Gasteiger partial charge in [0, 0.05) is 28.6 Å². The molecule has 0 saturated carbocycles. The number of carbonyl (C=O) groups excluding carboxylic acids is 2. The Morgan fingerprint density at radius 3 is 2.43 bits per heavy atom. The molecular weight excluding hydrogens is 398 g/mol. The van der Waals surface area contributed by atoms with E-state index in [1.165, 1.54) is 11.3 Å². The second-order valence-electron chi connectivity index (χ2n) is 6.70. The fraction of sp³-hybridized carbons (Fsp3) is 0.130. The molecule has 0 fully saturated rings. The van der Waals surface area contributed by atoms with Crippen LogP contribution in [0.25, 0.3) is 27.7 Å². The first kappa shape index (κ1) is 19.4. The van der Waals surface area contributed by atoms with Crippen molar-refractivity contribution in [1.29, 1.82) is 10.5 Å². The van der Waals surface area contributed by atoms with E-state index < -0.39 is 11.8 Å². The van der Waals surface area contributed by atoms with Crippen molar-refractivity contribution >= 4 is 39.5 Å². The first-order valence-corrected chi connectivity index (χ1v) is 10.0. The van der Waals surface area contributed by atoms with Gasteiger partial charge in [-0.2, -0.15) is 10.5 Å². The Balaban J connectivity index is 1.72. The van der Waals surface area contributed by atoms with Crippen molar-refractivity contribution in [2.75, 3.05) is 6.54 Å². The third-order valence-corrected chi connectivity index (χ3v) is 5.96. The van der Waals surface area contributed by atoms with Crippen LogP contribution >= 0.6 is 11.3 Å². The molecule has 0 saturated heterocycles. The number of imide groups is 1. The van der Waals surface area contributed by atoms with Crippen LogP contribution in [0.4, 0.5) is 0 Å². The van der Waals surface area contributed by atoms with Gasteiger partial charge in [-0.25, -0.2) is 0 Å². The zero-order valence-corrected chi connectivity index (χ0v) is 17.0. The van der Waals surface area contributed by atoms with Crippen molar-refractivity contribution in [2.45, 2.75) is 13.8 Å². The van der Waals surface area contributed by atoms with Gasteiger partial charge in [0.1, 0.15) is 23.0 Å². The number of nitriles is 2. The Bertz CT molecular complexity index is 1310. The Morgan fingerprint density at radius 1 is 1.10 bits per heavy atom. The van der Waals surface area contributed by atoms with Crippen LogP contribution in [0, 0.1) is 22.7 Å². The molecule has 0 spiro atoms. The average molecular weight is 413 g/mol. The second kappa shape index (κ2) is 7.47. The van der Waals surface area contributed by atoms with E-state index in [1.807, 2.05) is 30.3 Å². The molecular formula is C23H15N3O3S. The summed E-state index contributed by atoms with van der Waals surface area (Å²) < 4.78 is 6.85.